The lowest BCUT2D eigenvalue weighted by atomic mass is 10.0. The molecule has 128 valence electrons. The first-order valence-electron chi connectivity index (χ1n) is 7.64. The van der Waals surface area contributed by atoms with Crippen LogP contribution in [0.4, 0.5) is 0 Å². The lowest BCUT2D eigenvalue weighted by molar-refractivity contribution is 0.0692. The maximum atomic E-state index is 13.0. The van der Waals surface area contributed by atoms with Gasteiger partial charge in [0.25, 0.3) is 10.0 Å². The predicted molar refractivity (Wildman–Crippen MR) is 85.3 cm³/mol. The van der Waals surface area contributed by atoms with E-state index in [4.69, 9.17) is 0 Å². The highest BCUT2D eigenvalue weighted by Crippen LogP contribution is 2.37. The number of carboxylic acid groups (broad SMARTS) is 1. The predicted octanol–water partition coefficient (Wildman–Crippen LogP) is 0.485. The van der Waals surface area contributed by atoms with Gasteiger partial charge in [-0.25, -0.2) is 13.2 Å². The molecule has 0 unspecified atom stereocenters. The Morgan fingerprint density at radius 1 is 1.43 bits per heavy atom. The average Bonchev–Trinajstić information content (AvgIpc) is 2.95. The van der Waals surface area contributed by atoms with E-state index >= 15 is 0 Å². The van der Waals surface area contributed by atoms with Crippen molar-refractivity contribution in [2.45, 2.75) is 30.0 Å². The van der Waals surface area contributed by atoms with E-state index in [1.807, 2.05) is 0 Å². The minimum absolute atomic E-state index is 0.0529. The Morgan fingerprint density at radius 2 is 2.22 bits per heavy atom. The number of fused-ring (bicyclic) bond motifs is 1. The summed E-state index contributed by atoms with van der Waals surface area (Å²) in [6.45, 7) is 1.73. The lowest BCUT2D eigenvalue weighted by Crippen LogP contribution is -2.41. The molecule has 1 atom stereocenters. The Kier molecular flexibility index (Phi) is 4.75. The number of nitrogens with one attached hydrogen (secondary N) is 1. The van der Waals surface area contributed by atoms with Crippen molar-refractivity contribution in [1.82, 2.24) is 9.62 Å². The van der Waals surface area contributed by atoms with Crippen LogP contribution in [0.1, 0.15) is 33.6 Å². The summed E-state index contributed by atoms with van der Waals surface area (Å²) in [7, 11) is -3.84. The molecule has 1 saturated heterocycles. The number of aromatic carboxylic acids is 1. The van der Waals surface area contributed by atoms with Crippen molar-refractivity contribution >= 4 is 27.3 Å². The molecule has 2 aliphatic rings. The molecule has 1 fully saturated rings. The standard InChI is InChI=1S/C14H20N2O5S2/c17-8-9-2-1-5-16(7-9)23(20,21)14-12(13(18)19)10-3-4-15-6-11(10)22-14/h9,15,17H,1-8H2,(H,18,19)/t9-/m0/s1. The van der Waals surface area contributed by atoms with Gasteiger partial charge >= 0.3 is 5.97 Å². The Bertz CT molecular complexity index is 713. The average molecular weight is 360 g/mol. The minimum Gasteiger partial charge on any atom is -0.478 e. The summed E-state index contributed by atoms with van der Waals surface area (Å²) in [4.78, 5) is 12.5. The fourth-order valence-corrected chi connectivity index (χ4v) is 6.78. The number of piperidine rings is 1. The summed E-state index contributed by atoms with van der Waals surface area (Å²) >= 11 is 1.06. The summed E-state index contributed by atoms with van der Waals surface area (Å²) in [6, 6.07) is 0. The zero-order valence-electron chi connectivity index (χ0n) is 12.6. The Morgan fingerprint density at radius 3 is 2.91 bits per heavy atom. The van der Waals surface area contributed by atoms with E-state index in [1.54, 1.807) is 0 Å². The summed E-state index contributed by atoms with van der Waals surface area (Å²) in [6.07, 6.45) is 2.00. The highest BCUT2D eigenvalue weighted by atomic mass is 32.2. The zero-order chi connectivity index (χ0) is 16.6. The number of rotatable bonds is 4. The third-order valence-electron chi connectivity index (χ3n) is 4.42. The normalized spacial score (nSPS) is 22.7. The second-order valence-corrected chi connectivity index (χ2v) is 9.19. The van der Waals surface area contributed by atoms with Crippen LogP contribution in [0.3, 0.4) is 0 Å². The van der Waals surface area contributed by atoms with Gasteiger partial charge in [0.15, 0.2) is 0 Å². The molecule has 1 aromatic heterocycles. The van der Waals surface area contributed by atoms with Gasteiger partial charge in [-0.05, 0) is 37.3 Å². The molecule has 7 nitrogen and oxygen atoms in total. The van der Waals surface area contributed by atoms with Crippen LogP contribution in [0.5, 0.6) is 0 Å². The van der Waals surface area contributed by atoms with Crippen molar-refractivity contribution in [2.75, 3.05) is 26.2 Å². The molecule has 0 bridgehead atoms. The zero-order valence-corrected chi connectivity index (χ0v) is 14.3. The number of thiophene rings is 1. The number of aliphatic hydroxyl groups excluding tert-OH is 1. The molecule has 3 rings (SSSR count). The van der Waals surface area contributed by atoms with Crippen molar-refractivity contribution in [3.8, 4) is 0 Å². The van der Waals surface area contributed by atoms with Crippen LogP contribution in [0.2, 0.25) is 0 Å². The topological polar surface area (TPSA) is 107 Å². The van der Waals surface area contributed by atoms with E-state index in [1.165, 1.54) is 4.31 Å². The van der Waals surface area contributed by atoms with Gasteiger partial charge in [-0.3, -0.25) is 0 Å². The molecule has 23 heavy (non-hydrogen) atoms. The quantitative estimate of drug-likeness (QED) is 0.721. The summed E-state index contributed by atoms with van der Waals surface area (Å²) < 4.78 is 27.2. The highest BCUT2D eigenvalue weighted by molar-refractivity contribution is 7.91. The third kappa shape index (κ3) is 3.03. The Balaban J connectivity index is 2.03. The third-order valence-corrected chi connectivity index (χ3v) is 8.02. The van der Waals surface area contributed by atoms with E-state index < -0.39 is 16.0 Å². The van der Waals surface area contributed by atoms with Gasteiger partial charge in [-0.1, -0.05) is 0 Å². The van der Waals surface area contributed by atoms with Gasteiger partial charge in [-0.15, -0.1) is 11.3 Å². The van der Waals surface area contributed by atoms with E-state index in [0.29, 0.717) is 38.0 Å². The second-order valence-electron chi connectivity index (χ2n) is 5.95. The van der Waals surface area contributed by atoms with Crippen LogP contribution in [-0.4, -0.2) is 55.1 Å². The number of hydrogen-bond acceptors (Lipinski definition) is 6. The van der Waals surface area contributed by atoms with Crippen molar-refractivity contribution in [1.29, 1.82) is 0 Å². The number of sulfonamides is 1. The molecule has 0 aliphatic carbocycles. The fourth-order valence-electron chi connectivity index (χ4n) is 3.22. The summed E-state index contributed by atoms with van der Waals surface area (Å²) in [5, 5.41) is 22.0. The van der Waals surface area contributed by atoms with E-state index in [2.05, 4.69) is 5.32 Å². The van der Waals surface area contributed by atoms with Crippen LogP contribution in [-0.2, 0) is 23.0 Å². The van der Waals surface area contributed by atoms with E-state index in [9.17, 15) is 23.4 Å². The number of nitrogens with zero attached hydrogens (tertiary/aromatic N) is 1. The van der Waals surface area contributed by atoms with Gasteiger partial charge < -0.3 is 15.5 Å². The largest absolute Gasteiger partial charge is 0.478 e. The van der Waals surface area contributed by atoms with Crippen LogP contribution in [0.15, 0.2) is 4.21 Å². The highest BCUT2D eigenvalue weighted by Gasteiger charge is 2.37. The Labute approximate surface area is 139 Å². The van der Waals surface area contributed by atoms with Gasteiger partial charge in [0.1, 0.15) is 4.21 Å². The molecule has 0 radical (unpaired) electrons. The molecular formula is C14H20N2O5S2. The van der Waals surface area contributed by atoms with Crippen LogP contribution < -0.4 is 5.32 Å². The van der Waals surface area contributed by atoms with Crippen molar-refractivity contribution in [3.63, 3.8) is 0 Å². The molecule has 1 aromatic rings. The first-order chi connectivity index (χ1) is 10.9. The number of carbonyl (C=O) groups is 1. The maximum Gasteiger partial charge on any atom is 0.338 e. The first kappa shape index (κ1) is 16.8. The monoisotopic (exact) mass is 360 g/mol. The molecule has 0 saturated carbocycles. The van der Waals surface area contributed by atoms with E-state index in [0.717, 1.165) is 22.6 Å². The second kappa shape index (κ2) is 6.48. The van der Waals surface area contributed by atoms with Crippen molar-refractivity contribution < 1.29 is 23.4 Å². The van der Waals surface area contributed by atoms with Crippen molar-refractivity contribution in [3.05, 3.63) is 16.0 Å². The molecule has 9 heteroatoms. The summed E-state index contributed by atoms with van der Waals surface area (Å²) in [5.74, 6) is -1.26. The Hall–Kier alpha value is -1.00. The van der Waals surface area contributed by atoms with Crippen molar-refractivity contribution in [2.24, 2.45) is 5.92 Å². The molecule has 3 heterocycles. The lowest BCUT2D eigenvalue weighted by Gasteiger charge is -2.30. The number of aliphatic hydroxyl groups is 1. The van der Waals surface area contributed by atoms with Gasteiger partial charge in [-0.2, -0.15) is 4.31 Å². The molecule has 0 spiro atoms. The molecule has 2 aliphatic heterocycles. The number of carboxylic acids is 1. The van der Waals surface area contributed by atoms with Crippen LogP contribution >= 0.6 is 11.3 Å². The SMILES string of the molecule is O=C(O)c1c(S(=O)(=O)N2CCC[C@H](CO)C2)sc2c1CCNC2. The fraction of sp³-hybridized carbons (Fsp3) is 0.643. The van der Waals surface area contributed by atoms with Gasteiger partial charge in [0.05, 0.1) is 5.56 Å². The van der Waals surface area contributed by atoms with Gasteiger partial charge in [0.2, 0.25) is 0 Å². The molecule has 0 amide bonds. The van der Waals surface area contributed by atoms with E-state index in [-0.39, 0.29) is 28.8 Å². The smallest absolute Gasteiger partial charge is 0.338 e. The maximum absolute atomic E-state index is 13.0. The molecule has 3 N–H and O–H groups in total. The van der Waals surface area contributed by atoms with Crippen LogP contribution in [0, 0.1) is 5.92 Å². The minimum atomic E-state index is -3.84. The summed E-state index contributed by atoms with van der Waals surface area (Å²) in [5.41, 5.74) is 0.591. The molecule has 0 aromatic carbocycles. The first-order valence-corrected chi connectivity index (χ1v) is 9.90. The molecular weight excluding hydrogens is 340 g/mol. The van der Waals surface area contributed by atoms with Gasteiger partial charge in [0, 0.05) is 31.1 Å². The van der Waals surface area contributed by atoms with Crippen LogP contribution in [0.25, 0.3) is 0 Å². The number of hydrogen-bond donors (Lipinski definition) is 3.